The van der Waals surface area contributed by atoms with E-state index < -0.39 is 0 Å². The topological polar surface area (TPSA) is 70.0 Å². The highest BCUT2D eigenvalue weighted by atomic mass is 16.5. The minimum Gasteiger partial charge on any atom is -0.385 e. The third-order valence-electron chi connectivity index (χ3n) is 3.16. The number of nitrogens with zero attached hydrogens (tertiary/aromatic N) is 2. The van der Waals surface area contributed by atoms with E-state index in [1.54, 1.807) is 12.3 Å². The van der Waals surface area contributed by atoms with Gasteiger partial charge in [-0.05, 0) is 44.5 Å². The van der Waals surface area contributed by atoms with Crippen LogP contribution in [-0.4, -0.2) is 37.3 Å². The Labute approximate surface area is 114 Å². The summed E-state index contributed by atoms with van der Waals surface area (Å²) in [4.78, 5) is 3.93. The average Bonchev–Trinajstić information content (AvgIpc) is 2.48. The Morgan fingerprint density at radius 1 is 1.47 bits per heavy atom. The van der Waals surface area contributed by atoms with Gasteiger partial charge in [0, 0.05) is 25.0 Å². The minimum atomic E-state index is 0.423. The molecule has 5 nitrogen and oxygen atoms in total. The smallest absolute Gasteiger partial charge is 0.142 e. The zero-order valence-electron chi connectivity index (χ0n) is 11.1. The minimum absolute atomic E-state index is 0.423. The predicted molar refractivity (Wildman–Crippen MR) is 73.9 cm³/mol. The van der Waals surface area contributed by atoms with E-state index in [9.17, 15) is 0 Å². The van der Waals surface area contributed by atoms with Gasteiger partial charge in [-0.1, -0.05) is 0 Å². The molecule has 1 aliphatic heterocycles. The number of ether oxygens (including phenoxy) is 1. The Morgan fingerprint density at radius 2 is 2.32 bits per heavy atom. The first-order valence-corrected chi connectivity index (χ1v) is 6.81. The molecule has 19 heavy (non-hydrogen) atoms. The first-order chi connectivity index (χ1) is 9.38. The van der Waals surface area contributed by atoms with Crippen molar-refractivity contribution < 1.29 is 4.74 Å². The van der Waals surface area contributed by atoms with Crippen LogP contribution in [0.2, 0.25) is 0 Å². The van der Waals surface area contributed by atoms with Crippen LogP contribution >= 0.6 is 0 Å². The average molecular weight is 260 g/mol. The van der Waals surface area contributed by atoms with E-state index in [-0.39, 0.29) is 0 Å². The molecule has 1 aromatic heterocycles. The molecule has 0 unspecified atom stereocenters. The molecule has 1 aromatic rings. The van der Waals surface area contributed by atoms with E-state index in [0.717, 1.165) is 51.2 Å². The molecular weight excluding hydrogens is 240 g/mol. The molecule has 0 atom stereocenters. The van der Waals surface area contributed by atoms with Crippen molar-refractivity contribution in [3.05, 3.63) is 24.0 Å². The van der Waals surface area contributed by atoms with Crippen LogP contribution in [0.4, 0.5) is 5.69 Å². The van der Waals surface area contributed by atoms with Gasteiger partial charge in [-0.3, -0.25) is 0 Å². The zero-order valence-corrected chi connectivity index (χ0v) is 11.1. The van der Waals surface area contributed by atoms with Gasteiger partial charge in [-0.15, -0.1) is 0 Å². The van der Waals surface area contributed by atoms with Crippen molar-refractivity contribution in [1.29, 1.82) is 5.26 Å². The van der Waals surface area contributed by atoms with Crippen molar-refractivity contribution >= 4 is 5.69 Å². The summed E-state index contributed by atoms with van der Waals surface area (Å²) in [5.74, 6) is 0. The van der Waals surface area contributed by atoms with Crippen molar-refractivity contribution in [2.75, 3.05) is 31.6 Å². The second kappa shape index (κ2) is 7.72. The van der Waals surface area contributed by atoms with Gasteiger partial charge in [0.05, 0.1) is 6.10 Å². The molecule has 2 heterocycles. The van der Waals surface area contributed by atoms with Gasteiger partial charge in [-0.25, -0.2) is 4.98 Å². The maximum atomic E-state index is 8.75. The number of hydrogen-bond acceptors (Lipinski definition) is 5. The first-order valence-electron chi connectivity index (χ1n) is 6.81. The Balaban J connectivity index is 1.59. The lowest BCUT2D eigenvalue weighted by molar-refractivity contribution is 0.0329. The van der Waals surface area contributed by atoms with Gasteiger partial charge in [0.1, 0.15) is 11.8 Å². The van der Waals surface area contributed by atoms with Crippen LogP contribution in [0.5, 0.6) is 0 Å². The van der Waals surface area contributed by atoms with Crippen LogP contribution in [0.1, 0.15) is 25.0 Å². The lowest BCUT2D eigenvalue weighted by Crippen LogP contribution is -2.32. The molecule has 0 aliphatic carbocycles. The Morgan fingerprint density at radius 3 is 3.11 bits per heavy atom. The molecule has 0 saturated carbocycles. The number of anilines is 1. The summed E-state index contributed by atoms with van der Waals surface area (Å²) in [6, 6.07) is 5.66. The van der Waals surface area contributed by atoms with Crippen LogP contribution in [0.3, 0.4) is 0 Å². The molecule has 0 amide bonds. The monoisotopic (exact) mass is 260 g/mol. The fourth-order valence-corrected chi connectivity index (χ4v) is 2.12. The third kappa shape index (κ3) is 4.86. The number of rotatable bonds is 6. The standard InChI is InChI=1S/C14H20N4O/c15-11-13-10-12(2-8-18-13)17-5-1-9-19-14-3-6-16-7-4-14/h2,8,10,14,16H,1,3-7,9H2,(H,17,18). The van der Waals surface area contributed by atoms with E-state index in [0.29, 0.717) is 11.8 Å². The molecule has 102 valence electrons. The predicted octanol–water partition coefficient (Wildman–Crippen LogP) is 1.52. The third-order valence-corrected chi connectivity index (χ3v) is 3.16. The number of nitrogens with one attached hydrogen (secondary N) is 2. The van der Waals surface area contributed by atoms with Crippen LogP contribution in [-0.2, 0) is 4.74 Å². The highest BCUT2D eigenvalue weighted by Crippen LogP contribution is 2.09. The summed E-state index contributed by atoms with van der Waals surface area (Å²) in [5, 5.41) is 15.3. The van der Waals surface area contributed by atoms with Gasteiger partial charge in [0.25, 0.3) is 0 Å². The maximum Gasteiger partial charge on any atom is 0.142 e. The summed E-state index contributed by atoms with van der Waals surface area (Å²) in [5.41, 5.74) is 1.38. The first kappa shape index (κ1) is 13.8. The highest BCUT2D eigenvalue weighted by Gasteiger charge is 2.12. The summed E-state index contributed by atoms with van der Waals surface area (Å²) < 4.78 is 5.82. The van der Waals surface area contributed by atoms with Crippen LogP contribution in [0.25, 0.3) is 0 Å². The number of piperidine rings is 1. The summed E-state index contributed by atoms with van der Waals surface area (Å²) in [6.07, 6.45) is 5.26. The molecule has 2 rings (SSSR count). The Kier molecular flexibility index (Phi) is 5.60. The van der Waals surface area contributed by atoms with Gasteiger partial charge >= 0.3 is 0 Å². The zero-order chi connectivity index (χ0) is 13.3. The van der Waals surface area contributed by atoms with Crippen molar-refractivity contribution in [3.8, 4) is 6.07 Å². The maximum absolute atomic E-state index is 8.75. The van der Waals surface area contributed by atoms with E-state index in [1.807, 2.05) is 12.1 Å². The van der Waals surface area contributed by atoms with Gasteiger partial charge in [-0.2, -0.15) is 5.26 Å². The molecule has 1 fully saturated rings. The lowest BCUT2D eigenvalue weighted by Gasteiger charge is -2.22. The van der Waals surface area contributed by atoms with Crippen LogP contribution in [0, 0.1) is 11.3 Å². The SMILES string of the molecule is N#Cc1cc(NCCCOC2CCNCC2)ccn1. The fraction of sp³-hybridized carbons (Fsp3) is 0.571. The van der Waals surface area contributed by atoms with Crippen LogP contribution < -0.4 is 10.6 Å². The van der Waals surface area contributed by atoms with Gasteiger partial charge in [0.15, 0.2) is 0 Å². The Bertz CT molecular complexity index is 424. The molecular formula is C14H20N4O. The van der Waals surface area contributed by atoms with Crippen molar-refractivity contribution in [3.63, 3.8) is 0 Å². The number of hydrogen-bond donors (Lipinski definition) is 2. The fourth-order valence-electron chi connectivity index (χ4n) is 2.12. The molecule has 0 radical (unpaired) electrons. The van der Waals surface area contributed by atoms with E-state index in [2.05, 4.69) is 15.6 Å². The second-order valence-corrected chi connectivity index (χ2v) is 4.64. The molecule has 0 aromatic carbocycles. The molecule has 1 aliphatic rings. The normalized spacial score (nSPS) is 15.9. The quantitative estimate of drug-likeness (QED) is 0.759. The number of nitriles is 1. The van der Waals surface area contributed by atoms with Gasteiger partial charge in [0.2, 0.25) is 0 Å². The van der Waals surface area contributed by atoms with Crippen molar-refractivity contribution in [1.82, 2.24) is 10.3 Å². The molecule has 0 spiro atoms. The van der Waals surface area contributed by atoms with Gasteiger partial charge < -0.3 is 15.4 Å². The molecule has 2 N–H and O–H groups in total. The summed E-state index contributed by atoms with van der Waals surface area (Å²) in [7, 11) is 0. The van der Waals surface area contributed by atoms with E-state index >= 15 is 0 Å². The second-order valence-electron chi connectivity index (χ2n) is 4.64. The largest absolute Gasteiger partial charge is 0.385 e. The number of aromatic nitrogens is 1. The summed E-state index contributed by atoms with van der Waals surface area (Å²) in [6.45, 7) is 3.77. The van der Waals surface area contributed by atoms with Crippen LogP contribution in [0.15, 0.2) is 18.3 Å². The highest BCUT2D eigenvalue weighted by molar-refractivity contribution is 5.45. The van der Waals surface area contributed by atoms with Crippen molar-refractivity contribution in [2.24, 2.45) is 0 Å². The summed E-state index contributed by atoms with van der Waals surface area (Å²) >= 11 is 0. The molecule has 0 bridgehead atoms. The van der Waals surface area contributed by atoms with Crippen molar-refractivity contribution in [2.45, 2.75) is 25.4 Å². The van der Waals surface area contributed by atoms with E-state index in [4.69, 9.17) is 10.00 Å². The Hall–Kier alpha value is -1.64. The van der Waals surface area contributed by atoms with E-state index in [1.165, 1.54) is 0 Å². The molecule has 1 saturated heterocycles. The number of pyridine rings is 1. The molecule has 5 heteroatoms. The lowest BCUT2D eigenvalue weighted by atomic mass is 10.1.